The van der Waals surface area contributed by atoms with Gasteiger partial charge in [-0.15, -0.1) is 0 Å². The first-order chi connectivity index (χ1) is 12.9. The van der Waals surface area contributed by atoms with Crippen molar-refractivity contribution in [2.24, 2.45) is 4.99 Å². The van der Waals surface area contributed by atoms with Gasteiger partial charge >= 0.3 is 0 Å². The predicted octanol–water partition coefficient (Wildman–Crippen LogP) is 3.65. The average molecular weight is 366 g/mol. The zero-order chi connectivity index (χ0) is 19.6. The number of nitrogens with zero attached hydrogens (tertiary/aromatic N) is 3. The summed E-state index contributed by atoms with van der Waals surface area (Å²) in [6.45, 7) is 3.89. The molecule has 1 aromatic heterocycles. The number of nitro benzene ring substituents is 1. The van der Waals surface area contributed by atoms with E-state index in [1.54, 1.807) is 0 Å². The largest absolute Gasteiger partial charge is 0.505 e. The molecular formula is C19H18N4O4. The molecule has 3 aromatic rings. The summed E-state index contributed by atoms with van der Waals surface area (Å²) in [5, 5.41) is 23.8. The zero-order valence-electron chi connectivity index (χ0n) is 14.8. The Labute approximate surface area is 154 Å². The fourth-order valence-electron chi connectivity index (χ4n) is 2.66. The van der Waals surface area contributed by atoms with Gasteiger partial charge in [-0.3, -0.25) is 25.0 Å². The van der Waals surface area contributed by atoms with Crippen molar-refractivity contribution in [1.82, 2.24) is 9.78 Å². The fourth-order valence-corrected chi connectivity index (χ4v) is 2.66. The second-order valence-electron chi connectivity index (χ2n) is 6.26. The third kappa shape index (κ3) is 3.64. The van der Waals surface area contributed by atoms with Gasteiger partial charge in [0.15, 0.2) is 0 Å². The lowest BCUT2D eigenvalue weighted by atomic mass is 10.1. The van der Waals surface area contributed by atoms with Gasteiger partial charge in [-0.1, -0.05) is 32.0 Å². The molecule has 0 saturated carbocycles. The van der Waals surface area contributed by atoms with Crippen LogP contribution in [0.15, 0.2) is 58.3 Å². The van der Waals surface area contributed by atoms with Crippen LogP contribution in [0.2, 0.25) is 0 Å². The first kappa shape index (κ1) is 18.1. The first-order valence-electron chi connectivity index (χ1n) is 8.30. The number of phenolic OH excluding ortho intramolecular Hbond substituents is 1. The van der Waals surface area contributed by atoms with E-state index in [0.717, 1.165) is 6.07 Å². The molecule has 27 heavy (non-hydrogen) atoms. The van der Waals surface area contributed by atoms with E-state index >= 15 is 0 Å². The van der Waals surface area contributed by atoms with Gasteiger partial charge in [-0.25, -0.2) is 4.68 Å². The lowest BCUT2D eigenvalue weighted by Gasteiger charge is -2.03. The maximum absolute atomic E-state index is 12.8. The highest BCUT2D eigenvalue weighted by molar-refractivity contribution is 5.84. The number of aromatic amines is 1. The molecule has 0 atom stereocenters. The molecule has 0 aliphatic heterocycles. The molecule has 8 nitrogen and oxygen atoms in total. The number of H-pyrrole nitrogens is 1. The minimum atomic E-state index is -0.602. The highest BCUT2D eigenvalue weighted by Crippen LogP contribution is 2.30. The Morgan fingerprint density at radius 3 is 2.52 bits per heavy atom. The number of hydrogen-bond acceptors (Lipinski definition) is 5. The lowest BCUT2D eigenvalue weighted by molar-refractivity contribution is -0.384. The van der Waals surface area contributed by atoms with Crippen LogP contribution in [-0.2, 0) is 0 Å². The first-order valence-corrected chi connectivity index (χ1v) is 8.30. The molecule has 0 aliphatic carbocycles. The molecule has 0 fully saturated rings. The minimum Gasteiger partial charge on any atom is -0.505 e. The van der Waals surface area contributed by atoms with E-state index in [1.807, 2.05) is 44.2 Å². The zero-order valence-corrected chi connectivity index (χ0v) is 14.8. The second-order valence-corrected chi connectivity index (χ2v) is 6.26. The van der Waals surface area contributed by atoms with E-state index in [2.05, 4.69) is 10.1 Å². The van der Waals surface area contributed by atoms with Crippen LogP contribution in [0.3, 0.4) is 0 Å². The summed E-state index contributed by atoms with van der Waals surface area (Å²) >= 11 is 0. The van der Waals surface area contributed by atoms with Gasteiger partial charge < -0.3 is 5.11 Å². The number of rotatable bonds is 5. The Hall–Kier alpha value is -3.68. The van der Waals surface area contributed by atoms with Crippen molar-refractivity contribution < 1.29 is 10.0 Å². The van der Waals surface area contributed by atoms with E-state index in [4.69, 9.17) is 0 Å². The molecule has 138 valence electrons. The molecule has 0 bridgehead atoms. The molecule has 8 heteroatoms. The summed E-state index contributed by atoms with van der Waals surface area (Å²) in [5.41, 5.74) is 1.41. The number of phenols is 1. The van der Waals surface area contributed by atoms with Crippen LogP contribution in [0, 0.1) is 10.1 Å². The molecule has 0 saturated heterocycles. The van der Waals surface area contributed by atoms with E-state index in [-0.39, 0.29) is 28.6 Å². The molecule has 1 heterocycles. The van der Waals surface area contributed by atoms with Crippen molar-refractivity contribution in [3.05, 3.63) is 80.3 Å². The van der Waals surface area contributed by atoms with Crippen molar-refractivity contribution in [1.29, 1.82) is 0 Å². The standard InChI is InChI=1S/C19H18N4O4/c1-12(2)18-15(19(25)22(21-18)13-6-4-3-5-7-13)11-20-16-9-8-14(23(26)27)10-17(16)24/h3-12,21,24H,1-2H3. The molecule has 2 N–H and O–H groups in total. The van der Waals surface area contributed by atoms with Crippen molar-refractivity contribution in [2.45, 2.75) is 19.8 Å². The molecule has 3 rings (SSSR count). The van der Waals surface area contributed by atoms with Crippen LogP contribution in [0.25, 0.3) is 5.69 Å². The van der Waals surface area contributed by atoms with Gasteiger partial charge in [-0.2, -0.15) is 0 Å². The molecule has 0 spiro atoms. The Morgan fingerprint density at radius 2 is 1.93 bits per heavy atom. The van der Waals surface area contributed by atoms with Crippen molar-refractivity contribution >= 4 is 17.6 Å². The maximum atomic E-state index is 12.8. The fraction of sp³-hybridized carbons (Fsp3) is 0.158. The minimum absolute atomic E-state index is 0.0366. The van der Waals surface area contributed by atoms with Gasteiger partial charge in [-0.05, 0) is 24.1 Å². The molecule has 0 unspecified atom stereocenters. The number of benzene rings is 2. The highest BCUT2D eigenvalue weighted by atomic mass is 16.6. The van der Waals surface area contributed by atoms with Crippen LogP contribution < -0.4 is 5.56 Å². The van der Waals surface area contributed by atoms with E-state index in [9.17, 15) is 20.0 Å². The van der Waals surface area contributed by atoms with Crippen LogP contribution in [0.5, 0.6) is 5.75 Å². The number of aliphatic imine (C=N–C) groups is 1. The molecule has 0 aliphatic rings. The topological polar surface area (TPSA) is 114 Å². The highest BCUT2D eigenvalue weighted by Gasteiger charge is 2.16. The van der Waals surface area contributed by atoms with Gasteiger partial charge in [0.1, 0.15) is 11.4 Å². The van der Waals surface area contributed by atoms with Gasteiger partial charge in [0, 0.05) is 18.0 Å². The molecule has 2 aromatic carbocycles. The van der Waals surface area contributed by atoms with Crippen molar-refractivity contribution in [3.8, 4) is 11.4 Å². The smallest absolute Gasteiger partial charge is 0.280 e. The lowest BCUT2D eigenvalue weighted by Crippen LogP contribution is -2.17. The summed E-state index contributed by atoms with van der Waals surface area (Å²) in [6, 6.07) is 12.8. The van der Waals surface area contributed by atoms with Crippen LogP contribution in [0.1, 0.15) is 31.0 Å². The number of non-ortho nitro benzene ring substituents is 1. The Kier molecular flexibility index (Phi) is 4.89. The number of para-hydroxylation sites is 1. The quantitative estimate of drug-likeness (QED) is 0.407. The summed E-state index contributed by atoms with van der Waals surface area (Å²) in [7, 11) is 0. The number of nitro groups is 1. The number of hydrogen-bond donors (Lipinski definition) is 2. The van der Waals surface area contributed by atoms with Crippen molar-refractivity contribution in [3.63, 3.8) is 0 Å². The predicted molar refractivity (Wildman–Crippen MR) is 102 cm³/mol. The number of aromatic nitrogens is 2. The van der Waals surface area contributed by atoms with Gasteiger partial charge in [0.2, 0.25) is 0 Å². The monoisotopic (exact) mass is 366 g/mol. The van der Waals surface area contributed by atoms with Crippen LogP contribution in [0.4, 0.5) is 11.4 Å². The summed E-state index contributed by atoms with van der Waals surface area (Å²) in [5.74, 6) is -0.292. The molecule has 0 radical (unpaired) electrons. The SMILES string of the molecule is CC(C)c1[nH]n(-c2ccccc2)c(=O)c1C=Nc1ccc([N+](=O)[O-])cc1O. The third-order valence-electron chi connectivity index (χ3n) is 4.05. The number of nitrogens with one attached hydrogen (secondary N) is 1. The van der Waals surface area contributed by atoms with Crippen LogP contribution >= 0.6 is 0 Å². The van der Waals surface area contributed by atoms with Crippen molar-refractivity contribution in [2.75, 3.05) is 0 Å². The Balaban J connectivity index is 2.04. The summed E-state index contributed by atoms with van der Waals surface area (Å²) in [6.07, 6.45) is 1.37. The average Bonchev–Trinajstić information content (AvgIpc) is 2.98. The summed E-state index contributed by atoms with van der Waals surface area (Å²) in [4.78, 5) is 27.1. The van der Waals surface area contributed by atoms with Crippen LogP contribution in [-0.4, -0.2) is 26.0 Å². The Morgan fingerprint density at radius 1 is 1.22 bits per heavy atom. The maximum Gasteiger partial charge on any atom is 0.280 e. The van der Waals surface area contributed by atoms with Gasteiger partial charge in [0.05, 0.1) is 22.2 Å². The second kappa shape index (κ2) is 7.28. The molecular weight excluding hydrogens is 348 g/mol. The third-order valence-corrected chi connectivity index (χ3v) is 4.05. The Bertz CT molecular complexity index is 1070. The van der Waals surface area contributed by atoms with E-state index < -0.39 is 4.92 Å². The van der Waals surface area contributed by atoms with E-state index in [1.165, 1.54) is 23.0 Å². The summed E-state index contributed by atoms with van der Waals surface area (Å²) < 4.78 is 1.44. The van der Waals surface area contributed by atoms with Gasteiger partial charge in [0.25, 0.3) is 11.2 Å². The normalized spacial score (nSPS) is 11.4. The molecule has 0 amide bonds. The van der Waals surface area contributed by atoms with E-state index in [0.29, 0.717) is 16.9 Å². The number of aromatic hydroxyl groups is 1.